The van der Waals surface area contributed by atoms with Crippen molar-refractivity contribution in [3.05, 3.63) is 28.8 Å². The summed E-state index contributed by atoms with van der Waals surface area (Å²) in [6.07, 6.45) is 0.558. The molecule has 0 aliphatic carbocycles. The molecule has 16 heavy (non-hydrogen) atoms. The molecular weight excluding hydrogens is 202 g/mol. The van der Waals surface area contributed by atoms with Crippen LogP contribution in [0.25, 0.3) is 0 Å². The molecule has 0 radical (unpaired) electrons. The number of hydrogen-bond acceptors (Lipinski definition) is 3. The summed E-state index contributed by atoms with van der Waals surface area (Å²) in [5, 5.41) is 21.3. The molecule has 3 nitrogen and oxygen atoms in total. The Kier molecular flexibility index (Phi) is 4.77. The number of benzene rings is 1. The van der Waals surface area contributed by atoms with Gasteiger partial charge in [-0.1, -0.05) is 6.07 Å². The SMILES string of the molecule is Cc1cc(C)c(NC(CO)CCO)cc1C. The molecule has 0 aliphatic rings. The highest BCUT2D eigenvalue weighted by Gasteiger charge is 2.08. The van der Waals surface area contributed by atoms with Crippen molar-refractivity contribution in [1.82, 2.24) is 0 Å². The Morgan fingerprint density at radius 1 is 1.06 bits per heavy atom. The molecule has 3 N–H and O–H groups in total. The van der Waals surface area contributed by atoms with Crippen molar-refractivity contribution in [2.75, 3.05) is 18.5 Å². The number of rotatable bonds is 5. The average molecular weight is 223 g/mol. The fraction of sp³-hybridized carbons (Fsp3) is 0.538. The van der Waals surface area contributed by atoms with Gasteiger partial charge in [0.15, 0.2) is 0 Å². The zero-order chi connectivity index (χ0) is 12.1. The fourth-order valence-corrected chi connectivity index (χ4v) is 1.70. The molecule has 1 unspecified atom stereocenters. The van der Waals surface area contributed by atoms with Crippen LogP contribution in [0.1, 0.15) is 23.1 Å². The van der Waals surface area contributed by atoms with Crippen molar-refractivity contribution >= 4 is 5.69 Å². The summed E-state index contributed by atoms with van der Waals surface area (Å²) in [6, 6.07) is 4.14. The van der Waals surface area contributed by atoms with Crippen molar-refractivity contribution < 1.29 is 10.2 Å². The van der Waals surface area contributed by atoms with Gasteiger partial charge in [0, 0.05) is 12.3 Å². The topological polar surface area (TPSA) is 52.5 Å². The van der Waals surface area contributed by atoms with E-state index in [0.29, 0.717) is 6.42 Å². The maximum Gasteiger partial charge on any atom is 0.0633 e. The Balaban J connectivity index is 2.83. The molecule has 0 saturated heterocycles. The van der Waals surface area contributed by atoms with Crippen molar-refractivity contribution in [1.29, 1.82) is 0 Å². The second kappa shape index (κ2) is 5.87. The van der Waals surface area contributed by atoms with Crippen LogP contribution in [0.5, 0.6) is 0 Å². The first kappa shape index (κ1) is 13.0. The molecule has 0 bridgehead atoms. The summed E-state index contributed by atoms with van der Waals surface area (Å²) < 4.78 is 0. The van der Waals surface area contributed by atoms with E-state index in [4.69, 9.17) is 10.2 Å². The zero-order valence-corrected chi connectivity index (χ0v) is 10.2. The molecule has 1 aromatic carbocycles. The summed E-state index contributed by atoms with van der Waals surface area (Å²) in [6.45, 7) is 6.32. The van der Waals surface area contributed by atoms with E-state index in [1.807, 2.05) is 6.92 Å². The van der Waals surface area contributed by atoms with Gasteiger partial charge < -0.3 is 15.5 Å². The molecule has 0 amide bonds. The number of aliphatic hydroxyl groups is 2. The number of hydrogen-bond donors (Lipinski definition) is 3. The molecule has 0 aliphatic heterocycles. The lowest BCUT2D eigenvalue weighted by atomic mass is 10.0. The van der Waals surface area contributed by atoms with E-state index in [1.165, 1.54) is 16.7 Å². The molecule has 0 heterocycles. The molecule has 1 atom stereocenters. The van der Waals surface area contributed by atoms with E-state index < -0.39 is 0 Å². The quantitative estimate of drug-likeness (QED) is 0.713. The van der Waals surface area contributed by atoms with E-state index in [2.05, 4.69) is 31.3 Å². The third-order valence-electron chi connectivity index (χ3n) is 2.90. The highest BCUT2D eigenvalue weighted by Crippen LogP contribution is 2.21. The standard InChI is InChI=1S/C13H21NO2/c1-9-6-11(3)13(7-10(9)2)14-12(8-16)4-5-15/h6-7,12,14-16H,4-5,8H2,1-3H3. The lowest BCUT2D eigenvalue weighted by Crippen LogP contribution is -2.25. The normalized spacial score (nSPS) is 12.6. The van der Waals surface area contributed by atoms with Crippen LogP contribution in [0.2, 0.25) is 0 Å². The van der Waals surface area contributed by atoms with Crippen LogP contribution < -0.4 is 5.32 Å². The second-order valence-electron chi connectivity index (χ2n) is 4.29. The lowest BCUT2D eigenvalue weighted by Gasteiger charge is -2.19. The van der Waals surface area contributed by atoms with Crippen molar-refractivity contribution in [2.45, 2.75) is 33.2 Å². The minimum atomic E-state index is -0.0780. The average Bonchev–Trinajstić information content (AvgIpc) is 2.25. The predicted octanol–water partition coefficient (Wildman–Crippen LogP) is 1.77. The molecule has 90 valence electrons. The third-order valence-corrected chi connectivity index (χ3v) is 2.90. The Morgan fingerprint density at radius 2 is 1.69 bits per heavy atom. The third kappa shape index (κ3) is 3.22. The van der Waals surface area contributed by atoms with Crippen LogP contribution in [0.4, 0.5) is 5.69 Å². The van der Waals surface area contributed by atoms with Gasteiger partial charge in [-0.15, -0.1) is 0 Å². The van der Waals surface area contributed by atoms with Crippen molar-refractivity contribution in [3.8, 4) is 0 Å². The van der Waals surface area contributed by atoms with Gasteiger partial charge in [0.2, 0.25) is 0 Å². The first-order valence-corrected chi connectivity index (χ1v) is 5.64. The van der Waals surface area contributed by atoms with Gasteiger partial charge >= 0.3 is 0 Å². The van der Waals surface area contributed by atoms with E-state index in [1.54, 1.807) is 0 Å². The highest BCUT2D eigenvalue weighted by molar-refractivity contribution is 5.55. The lowest BCUT2D eigenvalue weighted by molar-refractivity contribution is 0.229. The van der Waals surface area contributed by atoms with Gasteiger partial charge in [0.25, 0.3) is 0 Å². The molecule has 0 aromatic heterocycles. The van der Waals surface area contributed by atoms with Crippen LogP contribution in [0.15, 0.2) is 12.1 Å². The number of aryl methyl sites for hydroxylation is 3. The monoisotopic (exact) mass is 223 g/mol. The summed E-state index contributed by atoms with van der Waals surface area (Å²) in [5.74, 6) is 0. The molecule has 1 aromatic rings. The smallest absolute Gasteiger partial charge is 0.0633 e. The van der Waals surface area contributed by atoms with Crippen molar-refractivity contribution in [2.24, 2.45) is 0 Å². The Hall–Kier alpha value is -1.06. The van der Waals surface area contributed by atoms with Crippen LogP contribution in [-0.4, -0.2) is 29.5 Å². The second-order valence-corrected chi connectivity index (χ2v) is 4.29. The van der Waals surface area contributed by atoms with Gasteiger partial charge in [-0.25, -0.2) is 0 Å². The van der Waals surface area contributed by atoms with E-state index in [-0.39, 0.29) is 19.3 Å². The van der Waals surface area contributed by atoms with Gasteiger partial charge in [-0.3, -0.25) is 0 Å². The van der Waals surface area contributed by atoms with E-state index in [0.717, 1.165) is 5.69 Å². The van der Waals surface area contributed by atoms with Crippen LogP contribution in [0, 0.1) is 20.8 Å². The van der Waals surface area contributed by atoms with Crippen LogP contribution in [-0.2, 0) is 0 Å². The van der Waals surface area contributed by atoms with Crippen LogP contribution >= 0.6 is 0 Å². The van der Waals surface area contributed by atoms with Gasteiger partial charge in [0.05, 0.1) is 12.6 Å². The Labute approximate surface area is 97.1 Å². The van der Waals surface area contributed by atoms with Gasteiger partial charge in [-0.2, -0.15) is 0 Å². The molecular formula is C13H21NO2. The number of aliphatic hydroxyl groups excluding tert-OH is 2. The number of nitrogens with one attached hydrogen (secondary N) is 1. The molecule has 0 spiro atoms. The summed E-state index contributed by atoms with van der Waals surface area (Å²) in [5.41, 5.74) is 4.70. The molecule has 1 rings (SSSR count). The van der Waals surface area contributed by atoms with E-state index in [9.17, 15) is 0 Å². The first-order chi connectivity index (χ1) is 7.58. The maximum atomic E-state index is 9.16. The van der Waals surface area contributed by atoms with Crippen LogP contribution in [0.3, 0.4) is 0 Å². The summed E-state index contributed by atoms with van der Waals surface area (Å²) in [4.78, 5) is 0. The molecule has 0 fully saturated rings. The largest absolute Gasteiger partial charge is 0.396 e. The number of anilines is 1. The minimum absolute atomic E-state index is 0.0346. The molecule has 3 heteroatoms. The maximum absolute atomic E-state index is 9.16. The highest BCUT2D eigenvalue weighted by atomic mass is 16.3. The Morgan fingerprint density at radius 3 is 2.25 bits per heavy atom. The van der Waals surface area contributed by atoms with E-state index >= 15 is 0 Å². The summed E-state index contributed by atoms with van der Waals surface area (Å²) in [7, 11) is 0. The predicted molar refractivity (Wildman–Crippen MR) is 66.9 cm³/mol. The summed E-state index contributed by atoms with van der Waals surface area (Å²) >= 11 is 0. The van der Waals surface area contributed by atoms with Gasteiger partial charge in [0.1, 0.15) is 0 Å². The first-order valence-electron chi connectivity index (χ1n) is 5.64. The molecule has 0 saturated carbocycles. The fourth-order valence-electron chi connectivity index (χ4n) is 1.70. The zero-order valence-electron chi connectivity index (χ0n) is 10.2. The minimum Gasteiger partial charge on any atom is -0.396 e. The van der Waals surface area contributed by atoms with Gasteiger partial charge in [-0.05, 0) is 49.9 Å². The van der Waals surface area contributed by atoms with Crippen molar-refractivity contribution in [3.63, 3.8) is 0 Å². The Bertz CT molecular complexity index is 350.